The summed E-state index contributed by atoms with van der Waals surface area (Å²) in [7, 11) is 0. The number of hydrogen-bond donors (Lipinski definition) is 1. The highest BCUT2D eigenvalue weighted by Crippen LogP contribution is 2.40. The minimum atomic E-state index is 0.510. The summed E-state index contributed by atoms with van der Waals surface area (Å²) < 4.78 is 0. The summed E-state index contributed by atoms with van der Waals surface area (Å²) in [6.45, 7) is 9.96. The predicted molar refractivity (Wildman–Crippen MR) is 90.5 cm³/mol. The van der Waals surface area contributed by atoms with Gasteiger partial charge in [0.05, 0.1) is 0 Å². The molecule has 0 amide bonds. The minimum absolute atomic E-state index is 0.510. The molecule has 1 heterocycles. The van der Waals surface area contributed by atoms with Crippen molar-refractivity contribution in [3.05, 3.63) is 29.1 Å². The molecule has 0 spiro atoms. The van der Waals surface area contributed by atoms with Crippen molar-refractivity contribution < 1.29 is 0 Å². The van der Waals surface area contributed by atoms with Crippen LogP contribution in [0.3, 0.4) is 0 Å². The molecule has 0 aromatic carbocycles. The van der Waals surface area contributed by atoms with E-state index in [-0.39, 0.29) is 0 Å². The largest absolute Gasteiger partial charge is 0.310 e. The molecule has 2 rings (SSSR count). The van der Waals surface area contributed by atoms with Crippen LogP contribution in [0.5, 0.6) is 0 Å². The van der Waals surface area contributed by atoms with Crippen LogP contribution in [0.25, 0.3) is 0 Å². The topological polar surface area (TPSA) is 24.9 Å². The molecular weight excluding hydrogens is 256 g/mol. The van der Waals surface area contributed by atoms with E-state index < -0.39 is 0 Å². The van der Waals surface area contributed by atoms with Gasteiger partial charge < -0.3 is 5.32 Å². The number of pyridine rings is 1. The van der Waals surface area contributed by atoms with Gasteiger partial charge in [-0.3, -0.25) is 4.98 Å². The van der Waals surface area contributed by atoms with Crippen LogP contribution in [-0.2, 0) is 0 Å². The summed E-state index contributed by atoms with van der Waals surface area (Å²) in [6.07, 6.45) is 8.12. The third-order valence-electron chi connectivity index (χ3n) is 5.00. The Labute approximate surface area is 130 Å². The molecule has 118 valence electrons. The molecule has 0 saturated heterocycles. The van der Waals surface area contributed by atoms with Crippen LogP contribution in [0.4, 0.5) is 0 Å². The van der Waals surface area contributed by atoms with Crippen LogP contribution < -0.4 is 5.32 Å². The average molecular weight is 288 g/mol. The lowest BCUT2D eigenvalue weighted by Crippen LogP contribution is -2.35. The van der Waals surface area contributed by atoms with Gasteiger partial charge in [-0.2, -0.15) is 0 Å². The molecule has 0 bridgehead atoms. The summed E-state index contributed by atoms with van der Waals surface area (Å²) in [4.78, 5) is 4.55. The number of nitrogens with zero attached hydrogens (tertiary/aromatic N) is 1. The molecule has 1 N–H and O–H groups in total. The van der Waals surface area contributed by atoms with E-state index in [1.54, 1.807) is 0 Å². The Balaban J connectivity index is 2.27. The zero-order chi connectivity index (χ0) is 15.2. The molecule has 3 unspecified atom stereocenters. The van der Waals surface area contributed by atoms with Gasteiger partial charge in [-0.1, -0.05) is 39.5 Å². The molecule has 0 aliphatic heterocycles. The van der Waals surface area contributed by atoms with Gasteiger partial charge in [-0.05, 0) is 62.8 Å². The fraction of sp³-hybridized carbons (Fsp3) is 0.737. The van der Waals surface area contributed by atoms with Crippen LogP contribution in [0.1, 0.15) is 75.4 Å². The monoisotopic (exact) mass is 288 g/mol. The van der Waals surface area contributed by atoms with E-state index in [1.807, 2.05) is 0 Å². The smallest absolute Gasteiger partial charge is 0.0379 e. The van der Waals surface area contributed by atoms with Crippen molar-refractivity contribution in [2.75, 3.05) is 6.54 Å². The van der Waals surface area contributed by atoms with Crippen molar-refractivity contribution in [2.45, 2.75) is 72.3 Å². The summed E-state index contributed by atoms with van der Waals surface area (Å²) >= 11 is 0. The molecule has 1 fully saturated rings. The first-order valence-electron chi connectivity index (χ1n) is 8.84. The molecule has 0 radical (unpaired) electrons. The van der Waals surface area contributed by atoms with E-state index in [2.05, 4.69) is 50.1 Å². The van der Waals surface area contributed by atoms with Gasteiger partial charge in [-0.25, -0.2) is 0 Å². The van der Waals surface area contributed by atoms with Crippen LogP contribution in [0.2, 0.25) is 0 Å². The molecular formula is C19H32N2. The molecule has 1 saturated carbocycles. The molecule has 3 atom stereocenters. The second kappa shape index (κ2) is 7.93. The van der Waals surface area contributed by atoms with Crippen LogP contribution in [0, 0.1) is 25.7 Å². The van der Waals surface area contributed by atoms with E-state index in [0.29, 0.717) is 6.04 Å². The highest BCUT2D eigenvalue weighted by atomic mass is 14.9. The lowest BCUT2D eigenvalue weighted by atomic mass is 9.72. The Bertz CT molecular complexity index is 421. The molecule has 1 aliphatic rings. The Hall–Kier alpha value is -0.890. The summed E-state index contributed by atoms with van der Waals surface area (Å²) in [6, 6.07) is 5.10. The lowest BCUT2D eigenvalue weighted by Gasteiger charge is -2.38. The highest BCUT2D eigenvalue weighted by Gasteiger charge is 2.31. The van der Waals surface area contributed by atoms with Crippen LogP contribution in [0.15, 0.2) is 12.1 Å². The van der Waals surface area contributed by atoms with Crippen LogP contribution >= 0.6 is 0 Å². The summed E-state index contributed by atoms with van der Waals surface area (Å²) in [5.74, 6) is 1.67. The minimum Gasteiger partial charge on any atom is -0.310 e. The SMILES string of the molecule is CCCNC(c1cc(C)nc(C)c1)C1CCCCC1CC. The van der Waals surface area contributed by atoms with E-state index >= 15 is 0 Å². The summed E-state index contributed by atoms with van der Waals surface area (Å²) in [5.41, 5.74) is 3.76. The van der Waals surface area contributed by atoms with Crippen molar-refractivity contribution in [1.29, 1.82) is 0 Å². The Morgan fingerprint density at radius 3 is 2.43 bits per heavy atom. The second-order valence-electron chi connectivity index (χ2n) is 6.73. The van der Waals surface area contributed by atoms with E-state index in [4.69, 9.17) is 0 Å². The van der Waals surface area contributed by atoms with Gasteiger partial charge in [0.1, 0.15) is 0 Å². The van der Waals surface area contributed by atoms with Gasteiger partial charge in [0.2, 0.25) is 0 Å². The zero-order valence-electron chi connectivity index (χ0n) is 14.3. The first kappa shape index (κ1) is 16.5. The van der Waals surface area contributed by atoms with Gasteiger partial charge in [-0.15, -0.1) is 0 Å². The molecule has 21 heavy (non-hydrogen) atoms. The quantitative estimate of drug-likeness (QED) is 0.800. The number of aromatic nitrogens is 1. The number of nitrogens with one attached hydrogen (secondary N) is 1. The Kier molecular flexibility index (Phi) is 6.22. The second-order valence-corrected chi connectivity index (χ2v) is 6.73. The van der Waals surface area contributed by atoms with Crippen molar-refractivity contribution in [3.8, 4) is 0 Å². The molecule has 1 aliphatic carbocycles. The fourth-order valence-corrected chi connectivity index (χ4v) is 4.04. The first-order chi connectivity index (χ1) is 10.2. The third kappa shape index (κ3) is 4.29. The maximum atomic E-state index is 4.55. The zero-order valence-corrected chi connectivity index (χ0v) is 14.3. The molecule has 1 aromatic rings. The predicted octanol–water partition coefficient (Wildman–Crippen LogP) is 4.96. The van der Waals surface area contributed by atoms with Gasteiger partial charge in [0.25, 0.3) is 0 Å². The third-order valence-corrected chi connectivity index (χ3v) is 5.00. The molecule has 2 nitrogen and oxygen atoms in total. The lowest BCUT2D eigenvalue weighted by molar-refractivity contribution is 0.175. The number of rotatable bonds is 6. The van der Waals surface area contributed by atoms with Crippen molar-refractivity contribution in [1.82, 2.24) is 10.3 Å². The summed E-state index contributed by atoms with van der Waals surface area (Å²) in [5, 5.41) is 3.85. The van der Waals surface area contributed by atoms with Crippen molar-refractivity contribution in [3.63, 3.8) is 0 Å². The van der Waals surface area contributed by atoms with Gasteiger partial charge in [0.15, 0.2) is 0 Å². The van der Waals surface area contributed by atoms with Crippen molar-refractivity contribution in [2.24, 2.45) is 11.8 Å². The van der Waals surface area contributed by atoms with Crippen LogP contribution in [-0.4, -0.2) is 11.5 Å². The standard InChI is InChI=1S/C19H32N2/c1-5-11-20-19(17-12-14(3)21-15(4)13-17)18-10-8-7-9-16(18)6-2/h12-13,16,18-20H,5-11H2,1-4H3. The van der Waals surface area contributed by atoms with E-state index in [1.165, 1.54) is 44.1 Å². The Morgan fingerprint density at radius 1 is 1.14 bits per heavy atom. The highest BCUT2D eigenvalue weighted by molar-refractivity contribution is 5.24. The maximum absolute atomic E-state index is 4.55. The number of aryl methyl sites for hydroxylation is 2. The number of hydrogen-bond acceptors (Lipinski definition) is 2. The van der Waals surface area contributed by atoms with E-state index in [0.717, 1.165) is 29.8 Å². The average Bonchev–Trinajstić information content (AvgIpc) is 2.47. The molecule has 2 heteroatoms. The molecule has 1 aromatic heterocycles. The normalized spacial score (nSPS) is 24.0. The van der Waals surface area contributed by atoms with Crippen molar-refractivity contribution >= 4 is 0 Å². The first-order valence-corrected chi connectivity index (χ1v) is 8.84. The fourth-order valence-electron chi connectivity index (χ4n) is 4.04. The van der Waals surface area contributed by atoms with Gasteiger partial charge in [0, 0.05) is 17.4 Å². The van der Waals surface area contributed by atoms with Gasteiger partial charge >= 0.3 is 0 Å². The Morgan fingerprint density at radius 2 is 1.81 bits per heavy atom. The van der Waals surface area contributed by atoms with E-state index in [9.17, 15) is 0 Å². The maximum Gasteiger partial charge on any atom is 0.0379 e.